The molecule has 34 heavy (non-hydrogen) atoms. The van der Waals surface area contributed by atoms with Gasteiger partial charge in [-0.15, -0.1) is 11.6 Å². The summed E-state index contributed by atoms with van der Waals surface area (Å²) in [5, 5.41) is 0. The maximum atomic E-state index is 13.7. The number of nitrogens with zero attached hydrogens (tertiary/aromatic N) is 2. The number of benzene rings is 3. The average molecular weight is 519 g/mol. The van der Waals surface area contributed by atoms with Crippen molar-refractivity contribution in [1.82, 2.24) is 8.61 Å². The van der Waals surface area contributed by atoms with Crippen LogP contribution in [-0.2, 0) is 20.0 Å². The van der Waals surface area contributed by atoms with Gasteiger partial charge in [-0.1, -0.05) is 65.7 Å². The van der Waals surface area contributed by atoms with Gasteiger partial charge in [0.2, 0.25) is 0 Å². The summed E-state index contributed by atoms with van der Waals surface area (Å²) in [7, 11) is -8.80. The molecule has 7 nitrogen and oxygen atoms in total. The number of urea groups is 1. The molecule has 2 atom stereocenters. The van der Waals surface area contributed by atoms with Crippen molar-refractivity contribution in [2.45, 2.75) is 35.7 Å². The van der Waals surface area contributed by atoms with Gasteiger partial charge in [-0.3, -0.25) is 0 Å². The molecule has 0 bridgehead atoms. The van der Waals surface area contributed by atoms with Crippen molar-refractivity contribution in [3.8, 4) is 0 Å². The molecule has 0 spiro atoms. The first-order valence-corrected chi connectivity index (χ1v) is 13.9. The predicted octanol–water partition coefficient (Wildman–Crippen LogP) is 4.47. The molecule has 1 aliphatic rings. The molecule has 0 radical (unpaired) electrons. The zero-order valence-electron chi connectivity index (χ0n) is 18.5. The Bertz CT molecular complexity index is 1410. The van der Waals surface area contributed by atoms with E-state index in [-0.39, 0.29) is 15.7 Å². The lowest BCUT2D eigenvalue weighted by Gasteiger charge is -2.26. The third-order valence-corrected chi connectivity index (χ3v) is 9.65. The molecule has 3 aromatic carbocycles. The summed E-state index contributed by atoms with van der Waals surface area (Å²) in [6.07, 6.45) is 0. The van der Waals surface area contributed by atoms with Gasteiger partial charge in [0.25, 0.3) is 20.0 Å². The maximum absolute atomic E-state index is 13.7. The number of halogens is 1. The summed E-state index contributed by atoms with van der Waals surface area (Å²) in [6.45, 7) is 3.61. The van der Waals surface area contributed by atoms with Gasteiger partial charge >= 0.3 is 6.03 Å². The summed E-state index contributed by atoms with van der Waals surface area (Å²) in [5.41, 5.74) is 2.14. The van der Waals surface area contributed by atoms with Gasteiger partial charge in [0.1, 0.15) is 0 Å². The van der Waals surface area contributed by atoms with Gasteiger partial charge in [-0.05, 0) is 43.7 Å². The van der Waals surface area contributed by atoms with Gasteiger partial charge < -0.3 is 0 Å². The highest BCUT2D eigenvalue weighted by molar-refractivity contribution is 7.91. The van der Waals surface area contributed by atoms with Crippen LogP contribution in [0.2, 0.25) is 0 Å². The molecule has 0 saturated carbocycles. The molecule has 0 unspecified atom stereocenters. The smallest absolute Gasteiger partial charge is 0.246 e. The number of rotatable bonds is 6. The van der Waals surface area contributed by atoms with Crippen LogP contribution < -0.4 is 0 Å². The number of hydrogen-bond acceptors (Lipinski definition) is 5. The number of aryl methyl sites for hydroxylation is 2. The molecule has 178 valence electrons. The molecule has 1 fully saturated rings. The minimum Gasteiger partial charge on any atom is -0.246 e. The molecular weight excluding hydrogens is 496 g/mol. The van der Waals surface area contributed by atoms with E-state index in [1.807, 2.05) is 6.92 Å². The molecule has 0 N–H and O–H groups in total. The van der Waals surface area contributed by atoms with Gasteiger partial charge in [-0.2, -0.15) is 0 Å². The molecule has 2 amide bonds. The molecule has 0 aromatic heterocycles. The van der Waals surface area contributed by atoms with Crippen molar-refractivity contribution in [3.63, 3.8) is 0 Å². The average Bonchev–Trinajstić information content (AvgIpc) is 3.13. The number of carbonyl (C=O) groups is 1. The van der Waals surface area contributed by atoms with E-state index in [0.717, 1.165) is 11.1 Å². The minimum atomic E-state index is -4.41. The third-order valence-electron chi connectivity index (χ3n) is 5.75. The van der Waals surface area contributed by atoms with Crippen LogP contribution in [0.4, 0.5) is 4.79 Å². The highest BCUT2D eigenvalue weighted by atomic mass is 35.5. The van der Waals surface area contributed by atoms with Gasteiger partial charge in [0.05, 0.1) is 21.9 Å². The van der Waals surface area contributed by atoms with Crippen LogP contribution in [0.5, 0.6) is 0 Å². The summed E-state index contributed by atoms with van der Waals surface area (Å²) >= 11 is 6.23. The van der Waals surface area contributed by atoms with Crippen molar-refractivity contribution in [3.05, 3.63) is 95.6 Å². The van der Waals surface area contributed by atoms with Crippen molar-refractivity contribution < 1.29 is 21.6 Å². The van der Waals surface area contributed by atoms with E-state index in [2.05, 4.69) is 0 Å². The molecule has 10 heteroatoms. The Morgan fingerprint density at radius 2 is 1.15 bits per heavy atom. The quantitative estimate of drug-likeness (QED) is 0.449. The first-order valence-electron chi connectivity index (χ1n) is 10.5. The fourth-order valence-corrected chi connectivity index (χ4v) is 7.53. The highest BCUT2D eigenvalue weighted by Gasteiger charge is 2.56. The Morgan fingerprint density at radius 1 is 0.706 bits per heavy atom. The van der Waals surface area contributed by atoms with Gasteiger partial charge in [-0.25, -0.2) is 30.2 Å². The third kappa shape index (κ3) is 4.08. The molecule has 0 aliphatic carbocycles. The van der Waals surface area contributed by atoms with Crippen LogP contribution >= 0.6 is 11.6 Å². The fraction of sp³-hybridized carbons (Fsp3) is 0.208. The number of sulfonamides is 2. The second kappa shape index (κ2) is 9.05. The number of hydrogen-bond donors (Lipinski definition) is 0. The number of amides is 2. The van der Waals surface area contributed by atoms with Crippen molar-refractivity contribution in [1.29, 1.82) is 0 Å². The van der Waals surface area contributed by atoms with Crippen LogP contribution in [-0.4, -0.2) is 43.4 Å². The molecule has 1 heterocycles. The largest absolute Gasteiger partial charge is 0.348 e. The second-order valence-corrected chi connectivity index (χ2v) is 12.0. The molecule has 1 saturated heterocycles. The summed E-state index contributed by atoms with van der Waals surface area (Å²) in [4.78, 5) is 13.4. The summed E-state index contributed by atoms with van der Waals surface area (Å²) < 4.78 is 55.8. The zero-order valence-corrected chi connectivity index (χ0v) is 20.9. The van der Waals surface area contributed by atoms with E-state index in [1.165, 1.54) is 24.3 Å². The molecular formula is C24H23ClN2O5S2. The van der Waals surface area contributed by atoms with Crippen LogP contribution in [0.25, 0.3) is 0 Å². The normalized spacial score (nSPS) is 19.0. The SMILES string of the molecule is Cc1ccc(S(=O)(=O)N2C(=O)N(S(=O)(=O)c3ccc(C)cc3)[C@H](c3ccccc3)[C@H]2CCl)cc1. The first kappa shape index (κ1) is 24.3. The van der Waals surface area contributed by atoms with E-state index in [0.29, 0.717) is 14.2 Å². The van der Waals surface area contributed by atoms with Crippen molar-refractivity contribution in [2.75, 3.05) is 5.88 Å². The number of alkyl halides is 1. The molecule has 4 rings (SSSR count). The van der Waals surface area contributed by atoms with E-state index >= 15 is 0 Å². The Morgan fingerprint density at radius 3 is 1.59 bits per heavy atom. The first-order chi connectivity index (χ1) is 16.1. The van der Waals surface area contributed by atoms with Crippen LogP contribution in [0, 0.1) is 13.8 Å². The van der Waals surface area contributed by atoms with E-state index in [1.54, 1.807) is 61.5 Å². The Kier molecular flexibility index (Phi) is 6.46. The van der Waals surface area contributed by atoms with Gasteiger partial charge in [0.15, 0.2) is 0 Å². The van der Waals surface area contributed by atoms with Crippen LogP contribution in [0.15, 0.2) is 88.7 Å². The zero-order chi connectivity index (χ0) is 24.7. The second-order valence-electron chi connectivity index (χ2n) is 8.09. The lowest BCUT2D eigenvalue weighted by Crippen LogP contribution is -2.41. The number of carbonyl (C=O) groups excluding carboxylic acids is 1. The Balaban J connectivity index is 1.92. The van der Waals surface area contributed by atoms with Crippen molar-refractivity contribution in [2.24, 2.45) is 0 Å². The monoisotopic (exact) mass is 518 g/mol. The van der Waals surface area contributed by atoms with E-state index in [4.69, 9.17) is 11.6 Å². The maximum Gasteiger partial charge on any atom is 0.348 e. The standard InChI is InChI=1S/C24H23ClN2O5S2/c1-17-8-12-20(13-9-17)33(29,30)26-22(16-25)23(19-6-4-3-5-7-19)27(24(26)28)34(31,32)21-14-10-18(2)11-15-21/h3-15,22-23H,16H2,1-2H3/t22-,23-/m1/s1. The summed E-state index contributed by atoms with van der Waals surface area (Å²) in [6, 6.07) is 17.0. The van der Waals surface area contributed by atoms with E-state index in [9.17, 15) is 21.6 Å². The topological polar surface area (TPSA) is 91.8 Å². The summed E-state index contributed by atoms with van der Waals surface area (Å²) in [5.74, 6) is -0.295. The Labute approximate surface area is 204 Å². The lowest BCUT2D eigenvalue weighted by atomic mass is 10.0. The Hall–Kier alpha value is -2.88. The molecule has 1 aliphatic heterocycles. The van der Waals surface area contributed by atoms with Crippen LogP contribution in [0.1, 0.15) is 22.7 Å². The fourth-order valence-electron chi connectivity index (χ4n) is 3.98. The predicted molar refractivity (Wildman–Crippen MR) is 129 cm³/mol. The van der Waals surface area contributed by atoms with E-state index < -0.39 is 38.2 Å². The van der Waals surface area contributed by atoms with Crippen LogP contribution in [0.3, 0.4) is 0 Å². The van der Waals surface area contributed by atoms with Gasteiger partial charge in [0, 0.05) is 5.88 Å². The highest BCUT2D eigenvalue weighted by Crippen LogP contribution is 2.42. The van der Waals surface area contributed by atoms with Crippen molar-refractivity contribution >= 4 is 37.7 Å². The molecule has 3 aromatic rings. The minimum absolute atomic E-state index is 0.115. The lowest BCUT2D eigenvalue weighted by molar-refractivity contribution is 0.220.